The first kappa shape index (κ1) is 19.4. The summed E-state index contributed by atoms with van der Waals surface area (Å²) in [6, 6.07) is 7.79. The molecule has 0 atom stereocenters. The lowest BCUT2D eigenvalue weighted by Gasteiger charge is -2.07. The highest BCUT2D eigenvalue weighted by atomic mass is 35.5. The molecular formula is C15H24ClN3O2. The van der Waals surface area contributed by atoms with Crippen LogP contribution in [-0.4, -0.2) is 24.9 Å². The number of nitrogens with one attached hydrogen (secondary N) is 2. The highest BCUT2D eigenvalue weighted by molar-refractivity contribution is 5.94. The van der Waals surface area contributed by atoms with Gasteiger partial charge < -0.3 is 16.4 Å². The first-order valence-electron chi connectivity index (χ1n) is 7.01. The minimum atomic E-state index is -0.341. The van der Waals surface area contributed by atoms with E-state index in [-0.39, 0.29) is 37.3 Å². The number of carbonyl (C=O) groups is 2. The summed E-state index contributed by atoms with van der Waals surface area (Å²) >= 11 is 0. The summed E-state index contributed by atoms with van der Waals surface area (Å²) in [6.45, 7) is 2.01. The first-order chi connectivity index (χ1) is 9.65. The molecule has 0 unspecified atom stereocenters. The van der Waals surface area contributed by atoms with E-state index in [1.165, 1.54) is 24.8 Å². The monoisotopic (exact) mass is 313 g/mol. The van der Waals surface area contributed by atoms with E-state index in [0.717, 1.165) is 12.1 Å². The molecule has 4 N–H and O–H groups in total. The van der Waals surface area contributed by atoms with Crippen LogP contribution in [0.1, 0.15) is 31.7 Å². The number of hydrogen-bond donors (Lipinski definition) is 3. The number of amides is 2. The molecule has 6 heteroatoms. The van der Waals surface area contributed by atoms with Gasteiger partial charge in [-0.05, 0) is 30.5 Å². The second kappa shape index (κ2) is 11.1. The van der Waals surface area contributed by atoms with Crippen LogP contribution in [0.25, 0.3) is 0 Å². The average molecular weight is 314 g/mol. The van der Waals surface area contributed by atoms with Crippen LogP contribution in [0, 0.1) is 0 Å². The van der Waals surface area contributed by atoms with Crippen LogP contribution < -0.4 is 16.4 Å². The molecule has 0 aromatic heterocycles. The standard InChI is InChI=1S/C15H23N3O2.ClH/c1-2-3-4-5-12-6-8-13(9-7-12)18-15(20)11-17-14(19)10-16;/h6-9H,2-5,10-11,16H2,1H3,(H,17,19)(H,18,20);1H. The van der Waals surface area contributed by atoms with Crippen LogP contribution in [0.4, 0.5) is 5.69 Å². The van der Waals surface area contributed by atoms with Crippen molar-refractivity contribution in [3.05, 3.63) is 29.8 Å². The number of nitrogens with two attached hydrogens (primary N) is 1. The van der Waals surface area contributed by atoms with Crippen LogP contribution in [0.15, 0.2) is 24.3 Å². The number of rotatable bonds is 8. The molecule has 1 rings (SSSR count). The molecule has 1 aromatic carbocycles. The molecular weight excluding hydrogens is 290 g/mol. The highest BCUT2D eigenvalue weighted by Gasteiger charge is 2.04. The second-order valence-electron chi connectivity index (χ2n) is 4.68. The molecule has 2 amide bonds. The number of carbonyl (C=O) groups excluding carboxylic acids is 2. The van der Waals surface area contributed by atoms with E-state index < -0.39 is 0 Å². The molecule has 0 aliphatic carbocycles. The summed E-state index contributed by atoms with van der Waals surface area (Å²) in [5.74, 6) is -0.600. The van der Waals surface area contributed by atoms with E-state index in [9.17, 15) is 9.59 Å². The third kappa shape index (κ3) is 8.32. The number of anilines is 1. The molecule has 21 heavy (non-hydrogen) atoms. The number of hydrogen-bond acceptors (Lipinski definition) is 3. The Labute approximate surface area is 132 Å². The molecule has 0 aliphatic rings. The molecule has 5 nitrogen and oxygen atoms in total. The van der Waals surface area contributed by atoms with Crippen molar-refractivity contribution in [2.45, 2.75) is 32.6 Å². The predicted octanol–water partition coefficient (Wildman–Crippen LogP) is 1.85. The Bertz CT molecular complexity index is 435. The van der Waals surface area contributed by atoms with Gasteiger partial charge in [0.05, 0.1) is 13.1 Å². The van der Waals surface area contributed by atoms with Gasteiger partial charge in [-0.2, -0.15) is 0 Å². The molecule has 0 aliphatic heterocycles. The van der Waals surface area contributed by atoms with Gasteiger partial charge in [0.25, 0.3) is 0 Å². The zero-order chi connectivity index (χ0) is 14.8. The smallest absolute Gasteiger partial charge is 0.243 e. The molecule has 118 valence electrons. The highest BCUT2D eigenvalue weighted by Crippen LogP contribution is 2.12. The van der Waals surface area contributed by atoms with Gasteiger partial charge in [-0.1, -0.05) is 31.9 Å². The quantitative estimate of drug-likeness (QED) is 0.640. The Balaban J connectivity index is 0.00000400. The molecule has 0 radical (unpaired) electrons. The predicted molar refractivity (Wildman–Crippen MR) is 87.6 cm³/mol. The Morgan fingerprint density at radius 2 is 1.76 bits per heavy atom. The summed E-state index contributed by atoms with van der Waals surface area (Å²) < 4.78 is 0. The van der Waals surface area contributed by atoms with Crippen molar-refractivity contribution >= 4 is 29.9 Å². The van der Waals surface area contributed by atoms with Gasteiger partial charge in [0.15, 0.2) is 0 Å². The minimum Gasteiger partial charge on any atom is -0.346 e. The van der Waals surface area contributed by atoms with Crippen molar-refractivity contribution in [3.8, 4) is 0 Å². The summed E-state index contributed by atoms with van der Waals surface area (Å²) in [7, 11) is 0. The molecule has 0 saturated carbocycles. The van der Waals surface area contributed by atoms with Crippen molar-refractivity contribution in [3.63, 3.8) is 0 Å². The second-order valence-corrected chi connectivity index (χ2v) is 4.68. The van der Waals surface area contributed by atoms with E-state index in [0.29, 0.717) is 0 Å². The zero-order valence-electron chi connectivity index (χ0n) is 12.4. The van der Waals surface area contributed by atoms with Crippen molar-refractivity contribution in [2.75, 3.05) is 18.4 Å². The van der Waals surface area contributed by atoms with Crippen LogP contribution in [0.2, 0.25) is 0 Å². The van der Waals surface area contributed by atoms with Crippen molar-refractivity contribution in [2.24, 2.45) is 5.73 Å². The van der Waals surface area contributed by atoms with Crippen molar-refractivity contribution < 1.29 is 9.59 Å². The Hall–Kier alpha value is -1.59. The molecule has 1 aromatic rings. The van der Waals surface area contributed by atoms with E-state index >= 15 is 0 Å². The largest absolute Gasteiger partial charge is 0.346 e. The fourth-order valence-electron chi connectivity index (χ4n) is 1.79. The average Bonchev–Trinajstić information content (AvgIpc) is 2.47. The maximum absolute atomic E-state index is 11.6. The fraction of sp³-hybridized carbons (Fsp3) is 0.467. The molecule has 0 saturated heterocycles. The van der Waals surface area contributed by atoms with Gasteiger partial charge in [0, 0.05) is 5.69 Å². The Morgan fingerprint density at radius 3 is 2.33 bits per heavy atom. The third-order valence-corrected chi connectivity index (χ3v) is 2.94. The molecule has 0 bridgehead atoms. The number of unbranched alkanes of at least 4 members (excludes halogenated alkanes) is 2. The van der Waals surface area contributed by atoms with Crippen LogP contribution in [0.5, 0.6) is 0 Å². The number of halogens is 1. The lowest BCUT2D eigenvalue weighted by Crippen LogP contribution is -2.36. The van der Waals surface area contributed by atoms with Gasteiger partial charge in [-0.15, -0.1) is 12.4 Å². The maximum atomic E-state index is 11.6. The van der Waals surface area contributed by atoms with E-state index in [1.54, 1.807) is 0 Å². The van der Waals surface area contributed by atoms with E-state index in [1.807, 2.05) is 24.3 Å². The van der Waals surface area contributed by atoms with Crippen molar-refractivity contribution in [1.82, 2.24) is 5.32 Å². The van der Waals surface area contributed by atoms with Gasteiger partial charge in [-0.25, -0.2) is 0 Å². The molecule has 0 heterocycles. The lowest BCUT2D eigenvalue weighted by atomic mass is 10.1. The van der Waals surface area contributed by atoms with Crippen molar-refractivity contribution in [1.29, 1.82) is 0 Å². The van der Waals surface area contributed by atoms with Crippen LogP contribution in [0.3, 0.4) is 0 Å². The summed E-state index contributed by atoms with van der Waals surface area (Å²) in [5.41, 5.74) is 7.14. The van der Waals surface area contributed by atoms with E-state index in [2.05, 4.69) is 17.6 Å². The maximum Gasteiger partial charge on any atom is 0.243 e. The zero-order valence-corrected chi connectivity index (χ0v) is 13.2. The van der Waals surface area contributed by atoms with Crippen LogP contribution in [-0.2, 0) is 16.0 Å². The van der Waals surface area contributed by atoms with Gasteiger partial charge >= 0.3 is 0 Å². The SMILES string of the molecule is CCCCCc1ccc(NC(=O)CNC(=O)CN)cc1.Cl. The summed E-state index contributed by atoms with van der Waals surface area (Å²) in [5, 5.41) is 5.14. The van der Waals surface area contributed by atoms with Gasteiger partial charge in [0.1, 0.15) is 0 Å². The normalized spacial score (nSPS) is 9.62. The topological polar surface area (TPSA) is 84.2 Å². The van der Waals surface area contributed by atoms with E-state index in [4.69, 9.17) is 5.73 Å². The number of benzene rings is 1. The van der Waals surface area contributed by atoms with Gasteiger partial charge in [0.2, 0.25) is 11.8 Å². The summed E-state index contributed by atoms with van der Waals surface area (Å²) in [4.78, 5) is 22.5. The molecule has 0 spiro atoms. The van der Waals surface area contributed by atoms with Gasteiger partial charge in [-0.3, -0.25) is 9.59 Å². The number of aryl methyl sites for hydroxylation is 1. The Kier molecular flexibility index (Phi) is 10.3. The van der Waals surface area contributed by atoms with Crippen LogP contribution >= 0.6 is 12.4 Å². The minimum absolute atomic E-state index is 0. The third-order valence-electron chi connectivity index (χ3n) is 2.94. The Morgan fingerprint density at radius 1 is 1.10 bits per heavy atom. The first-order valence-corrected chi connectivity index (χ1v) is 7.01. The lowest BCUT2D eigenvalue weighted by molar-refractivity contribution is -0.123. The fourth-order valence-corrected chi connectivity index (χ4v) is 1.79. The molecule has 0 fully saturated rings. The summed E-state index contributed by atoms with van der Waals surface area (Å²) in [6.07, 6.45) is 4.70.